The molecule has 2 aromatic rings. The number of carbonyl (C=O) groups is 2. The fourth-order valence-corrected chi connectivity index (χ4v) is 3.77. The second kappa shape index (κ2) is 5.92. The van der Waals surface area contributed by atoms with Gasteiger partial charge in [-0.15, -0.1) is 0 Å². The lowest BCUT2D eigenvalue weighted by molar-refractivity contribution is -0.132. The first-order valence-electron chi connectivity index (χ1n) is 8.58. The Kier molecular flexibility index (Phi) is 3.71. The first-order valence-corrected chi connectivity index (χ1v) is 8.58. The molecule has 3 amide bonds. The molecule has 5 nitrogen and oxygen atoms in total. The van der Waals surface area contributed by atoms with Crippen LogP contribution >= 0.6 is 0 Å². The third-order valence-corrected chi connectivity index (χ3v) is 5.00. The van der Waals surface area contributed by atoms with Gasteiger partial charge in [0.1, 0.15) is 11.3 Å². The van der Waals surface area contributed by atoms with E-state index >= 15 is 0 Å². The van der Waals surface area contributed by atoms with E-state index in [2.05, 4.69) is 5.32 Å². The zero-order valence-corrected chi connectivity index (χ0v) is 14.1. The van der Waals surface area contributed by atoms with E-state index in [0.717, 1.165) is 28.9 Å². The summed E-state index contributed by atoms with van der Waals surface area (Å²) >= 11 is 0. The van der Waals surface area contributed by atoms with Crippen LogP contribution in [0, 0.1) is 0 Å². The molecular weight excluding hydrogens is 316 g/mol. The molecule has 0 bridgehead atoms. The summed E-state index contributed by atoms with van der Waals surface area (Å²) < 4.78 is 5.43. The maximum atomic E-state index is 13.1. The van der Waals surface area contributed by atoms with E-state index in [1.807, 2.05) is 55.5 Å². The van der Waals surface area contributed by atoms with Crippen LogP contribution in [0.2, 0.25) is 0 Å². The Hall–Kier alpha value is -2.82. The summed E-state index contributed by atoms with van der Waals surface area (Å²) in [6.45, 7) is 2.80. The highest BCUT2D eigenvalue weighted by Crippen LogP contribution is 2.41. The molecule has 1 aliphatic carbocycles. The Balaban J connectivity index is 1.58. The summed E-state index contributed by atoms with van der Waals surface area (Å²) in [5.41, 5.74) is 2.08. The maximum absolute atomic E-state index is 13.1. The molecule has 1 N–H and O–H groups in total. The second-order valence-corrected chi connectivity index (χ2v) is 6.46. The second-order valence-electron chi connectivity index (χ2n) is 6.46. The molecule has 0 aromatic heterocycles. The first kappa shape index (κ1) is 15.7. The molecule has 0 radical (unpaired) electrons. The van der Waals surface area contributed by atoms with Gasteiger partial charge < -0.3 is 10.1 Å². The minimum absolute atomic E-state index is 0.156. The molecule has 1 saturated heterocycles. The summed E-state index contributed by atoms with van der Waals surface area (Å²) in [5, 5.41) is 2.95. The molecule has 1 fully saturated rings. The molecule has 2 aliphatic rings. The predicted octanol–water partition coefficient (Wildman–Crippen LogP) is 2.98. The van der Waals surface area contributed by atoms with Crippen LogP contribution in [0.3, 0.4) is 0 Å². The number of urea groups is 1. The maximum Gasteiger partial charge on any atom is 0.325 e. The number of aryl methyl sites for hydroxylation is 1. The van der Waals surface area contributed by atoms with Crippen molar-refractivity contribution in [1.82, 2.24) is 10.2 Å². The molecule has 4 rings (SSSR count). The smallest absolute Gasteiger partial charge is 0.325 e. The highest BCUT2D eigenvalue weighted by molar-refractivity contribution is 6.08. The number of ether oxygens (including phenoxy) is 1. The van der Waals surface area contributed by atoms with Gasteiger partial charge in [-0.2, -0.15) is 0 Å². The van der Waals surface area contributed by atoms with Crippen LogP contribution in [0.4, 0.5) is 4.79 Å². The quantitative estimate of drug-likeness (QED) is 0.873. The molecule has 1 atom stereocenters. The number of imide groups is 1. The van der Waals surface area contributed by atoms with E-state index < -0.39 is 5.54 Å². The van der Waals surface area contributed by atoms with Gasteiger partial charge in [-0.1, -0.05) is 36.4 Å². The highest BCUT2D eigenvalue weighted by atomic mass is 16.5. The van der Waals surface area contributed by atoms with E-state index in [0.29, 0.717) is 13.0 Å². The Labute approximate surface area is 146 Å². The van der Waals surface area contributed by atoms with Crippen LogP contribution in [0.1, 0.15) is 30.0 Å². The van der Waals surface area contributed by atoms with E-state index in [4.69, 9.17) is 4.74 Å². The van der Waals surface area contributed by atoms with Gasteiger partial charge in [0, 0.05) is 0 Å². The molecular formula is C20H20N2O3. The van der Waals surface area contributed by atoms with Gasteiger partial charge in [-0.05, 0) is 48.6 Å². The SMILES string of the molecule is CCOc1ccc(CN2C(=O)N[C@@]3(CCc4ccccc43)C2=O)cc1. The first-order chi connectivity index (χ1) is 12.1. The van der Waals surface area contributed by atoms with E-state index in [-0.39, 0.29) is 18.5 Å². The lowest BCUT2D eigenvalue weighted by Crippen LogP contribution is -2.41. The fourth-order valence-electron chi connectivity index (χ4n) is 3.77. The average molecular weight is 336 g/mol. The fraction of sp³-hybridized carbons (Fsp3) is 0.300. The van der Waals surface area contributed by atoms with Gasteiger partial charge in [-0.3, -0.25) is 9.69 Å². The summed E-state index contributed by atoms with van der Waals surface area (Å²) in [4.78, 5) is 26.9. The zero-order chi connectivity index (χ0) is 17.4. The van der Waals surface area contributed by atoms with Crippen molar-refractivity contribution in [3.63, 3.8) is 0 Å². The molecule has 1 aliphatic heterocycles. The summed E-state index contributed by atoms with van der Waals surface area (Å²) in [6, 6.07) is 15.0. The predicted molar refractivity (Wildman–Crippen MR) is 93.1 cm³/mol. The lowest BCUT2D eigenvalue weighted by atomic mass is 9.92. The van der Waals surface area contributed by atoms with Gasteiger partial charge in [0.05, 0.1) is 13.2 Å². The number of rotatable bonds is 4. The molecule has 0 saturated carbocycles. The molecule has 1 spiro atoms. The zero-order valence-electron chi connectivity index (χ0n) is 14.1. The van der Waals surface area contributed by atoms with Gasteiger partial charge in [-0.25, -0.2) is 4.79 Å². The van der Waals surface area contributed by atoms with Gasteiger partial charge in [0.25, 0.3) is 5.91 Å². The van der Waals surface area contributed by atoms with Crippen molar-refractivity contribution in [2.75, 3.05) is 6.61 Å². The molecule has 25 heavy (non-hydrogen) atoms. The third-order valence-electron chi connectivity index (χ3n) is 5.00. The Morgan fingerprint density at radius 2 is 1.88 bits per heavy atom. The number of nitrogens with one attached hydrogen (secondary N) is 1. The van der Waals surface area contributed by atoms with Crippen molar-refractivity contribution >= 4 is 11.9 Å². The lowest BCUT2D eigenvalue weighted by Gasteiger charge is -2.22. The van der Waals surface area contributed by atoms with Crippen molar-refractivity contribution < 1.29 is 14.3 Å². The number of hydrogen-bond donors (Lipinski definition) is 1. The monoisotopic (exact) mass is 336 g/mol. The number of hydrogen-bond acceptors (Lipinski definition) is 3. The van der Waals surface area contributed by atoms with E-state index in [9.17, 15) is 9.59 Å². The Morgan fingerprint density at radius 1 is 1.12 bits per heavy atom. The van der Waals surface area contributed by atoms with E-state index in [1.54, 1.807) is 0 Å². The molecule has 128 valence electrons. The summed E-state index contributed by atoms with van der Waals surface area (Å²) in [6.07, 6.45) is 1.43. The number of benzene rings is 2. The van der Waals surface area contributed by atoms with Crippen molar-refractivity contribution in [2.24, 2.45) is 0 Å². The van der Waals surface area contributed by atoms with Crippen LogP contribution < -0.4 is 10.1 Å². The van der Waals surface area contributed by atoms with Crippen molar-refractivity contribution in [3.8, 4) is 5.75 Å². The van der Waals surface area contributed by atoms with Crippen LogP contribution in [0.15, 0.2) is 48.5 Å². The summed E-state index contributed by atoms with van der Waals surface area (Å²) in [7, 11) is 0. The van der Waals surface area contributed by atoms with Crippen molar-refractivity contribution in [2.45, 2.75) is 31.8 Å². The highest BCUT2D eigenvalue weighted by Gasteiger charge is 2.55. The number of nitrogens with zero attached hydrogens (tertiary/aromatic N) is 1. The standard InChI is InChI=1S/C20H20N2O3/c1-2-25-16-9-7-14(8-10-16)13-22-18(23)20(21-19(22)24)12-11-15-5-3-4-6-17(15)20/h3-10H,2,11-13H2,1H3,(H,21,24)/t20-/m1/s1. The van der Waals surface area contributed by atoms with Crippen LogP contribution in [-0.4, -0.2) is 23.4 Å². The van der Waals surface area contributed by atoms with Gasteiger partial charge in [0.15, 0.2) is 0 Å². The number of amides is 3. The molecule has 2 aromatic carbocycles. The van der Waals surface area contributed by atoms with Crippen molar-refractivity contribution in [3.05, 3.63) is 65.2 Å². The van der Waals surface area contributed by atoms with Gasteiger partial charge >= 0.3 is 6.03 Å². The van der Waals surface area contributed by atoms with Crippen molar-refractivity contribution in [1.29, 1.82) is 0 Å². The van der Waals surface area contributed by atoms with Gasteiger partial charge in [0.2, 0.25) is 0 Å². The molecule has 0 unspecified atom stereocenters. The molecule has 1 heterocycles. The number of fused-ring (bicyclic) bond motifs is 2. The Bertz CT molecular complexity index is 831. The largest absolute Gasteiger partial charge is 0.494 e. The van der Waals surface area contributed by atoms with Crippen LogP contribution in [0.5, 0.6) is 5.75 Å². The minimum atomic E-state index is -0.890. The number of carbonyl (C=O) groups excluding carboxylic acids is 2. The van der Waals surface area contributed by atoms with Crippen LogP contribution in [-0.2, 0) is 23.3 Å². The molecule has 5 heteroatoms. The minimum Gasteiger partial charge on any atom is -0.494 e. The van der Waals surface area contributed by atoms with Crippen LogP contribution in [0.25, 0.3) is 0 Å². The average Bonchev–Trinajstić information content (AvgIpc) is 3.11. The third kappa shape index (κ3) is 2.47. The topological polar surface area (TPSA) is 58.6 Å². The normalized spacial score (nSPS) is 21.6. The Morgan fingerprint density at radius 3 is 2.64 bits per heavy atom. The summed E-state index contributed by atoms with van der Waals surface area (Å²) in [5.74, 6) is 0.626. The van der Waals surface area contributed by atoms with E-state index in [1.165, 1.54) is 4.90 Å².